The number of halogens is 5. The van der Waals surface area contributed by atoms with E-state index >= 15 is 0 Å². The molecule has 138 valence electrons. The number of hydroxylamine groups is 1. The Hall–Kier alpha value is -2.52. The minimum Gasteiger partial charge on any atom is -0.382 e. The van der Waals surface area contributed by atoms with Crippen LogP contribution >= 0.6 is 0 Å². The first-order chi connectivity index (χ1) is 12.2. The van der Waals surface area contributed by atoms with E-state index in [9.17, 15) is 27.1 Å². The van der Waals surface area contributed by atoms with Crippen LogP contribution in [-0.4, -0.2) is 11.4 Å². The fraction of sp³-hybridized carbons (Fsp3) is 0.235. The van der Waals surface area contributed by atoms with Gasteiger partial charge in [0.15, 0.2) is 0 Å². The summed E-state index contributed by atoms with van der Waals surface area (Å²) in [6, 6.07) is 7.94. The highest BCUT2D eigenvalue weighted by Gasteiger charge is 2.42. The Bertz CT molecular complexity index is 788. The number of nitrogens with zero attached hydrogens (tertiary/aromatic N) is 1. The maximum absolute atomic E-state index is 14.5. The number of aliphatic imine (C=N–C) groups is 1. The number of rotatable bonds is 4. The molecule has 0 bridgehead atoms. The molecule has 3 rings (SSSR count). The Morgan fingerprint density at radius 3 is 2.00 bits per heavy atom. The molecule has 1 heterocycles. The van der Waals surface area contributed by atoms with E-state index in [2.05, 4.69) is 10.5 Å². The van der Waals surface area contributed by atoms with Gasteiger partial charge in [-0.05, 0) is 17.7 Å². The van der Waals surface area contributed by atoms with E-state index < -0.39 is 35.6 Å². The second-order valence-corrected chi connectivity index (χ2v) is 5.63. The summed E-state index contributed by atoms with van der Waals surface area (Å²) >= 11 is 0. The summed E-state index contributed by atoms with van der Waals surface area (Å²) in [5.41, 5.74) is 1.15. The molecule has 0 aliphatic carbocycles. The summed E-state index contributed by atoms with van der Waals surface area (Å²) in [5.74, 6) is -3.70. The lowest BCUT2D eigenvalue weighted by Crippen LogP contribution is -2.24. The van der Waals surface area contributed by atoms with Gasteiger partial charge in [-0.2, -0.15) is 22.0 Å². The Balaban J connectivity index is 1.81. The molecular weight excluding hydrogens is 359 g/mol. The monoisotopic (exact) mass is 372 g/mol. The molecule has 9 heteroatoms. The van der Waals surface area contributed by atoms with Gasteiger partial charge < -0.3 is 5.11 Å². The molecule has 2 aromatic rings. The van der Waals surface area contributed by atoms with E-state index in [1.807, 2.05) is 0 Å². The highest BCUT2D eigenvalue weighted by Crippen LogP contribution is 2.41. The van der Waals surface area contributed by atoms with Crippen LogP contribution in [0.1, 0.15) is 34.6 Å². The van der Waals surface area contributed by atoms with Gasteiger partial charge in [-0.15, -0.1) is 0 Å². The standard InChI is InChI=1S/C17H13F5N2O2/c18-16(19,12-5-3-11(4-6-12)15-23-9-24-26-15)14(25)10-1-7-13(8-2-10)17(20,21)22/h1-9,14-15,25H,(H,23,24). The number of nitrogens with one attached hydrogen (secondary N) is 1. The molecule has 26 heavy (non-hydrogen) atoms. The minimum atomic E-state index is -4.58. The van der Waals surface area contributed by atoms with Crippen LogP contribution in [0, 0.1) is 0 Å². The summed E-state index contributed by atoms with van der Waals surface area (Å²) in [5, 5.41) is 9.99. The number of aliphatic hydroxyl groups is 1. The van der Waals surface area contributed by atoms with Gasteiger partial charge in [0.2, 0.25) is 6.23 Å². The van der Waals surface area contributed by atoms with E-state index in [1.54, 1.807) is 0 Å². The third-order valence-electron chi connectivity index (χ3n) is 3.92. The van der Waals surface area contributed by atoms with Crippen molar-refractivity contribution in [2.24, 2.45) is 4.99 Å². The molecule has 0 saturated carbocycles. The molecule has 2 aromatic carbocycles. The van der Waals surface area contributed by atoms with Gasteiger partial charge in [0.25, 0.3) is 0 Å². The quantitative estimate of drug-likeness (QED) is 0.795. The van der Waals surface area contributed by atoms with Crippen molar-refractivity contribution in [3.05, 3.63) is 70.8 Å². The zero-order valence-electron chi connectivity index (χ0n) is 13.0. The molecule has 0 spiro atoms. The van der Waals surface area contributed by atoms with Gasteiger partial charge in [0, 0.05) is 11.1 Å². The van der Waals surface area contributed by atoms with Crippen molar-refractivity contribution in [2.45, 2.75) is 24.4 Å². The van der Waals surface area contributed by atoms with Crippen molar-refractivity contribution < 1.29 is 31.9 Å². The predicted molar refractivity (Wildman–Crippen MR) is 82.2 cm³/mol. The molecule has 2 N–H and O–H groups in total. The van der Waals surface area contributed by atoms with Gasteiger partial charge >= 0.3 is 12.1 Å². The average molecular weight is 372 g/mol. The van der Waals surface area contributed by atoms with Crippen LogP contribution in [0.15, 0.2) is 53.5 Å². The Kier molecular flexibility index (Phi) is 4.68. The summed E-state index contributed by atoms with van der Waals surface area (Å²) in [6.07, 6.45) is -6.21. The van der Waals surface area contributed by atoms with Gasteiger partial charge in [-0.3, -0.25) is 5.48 Å². The molecule has 0 amide bonds. The van der Waals surface area contributed by atoms with Crippen molar-refractivity contribution in [1.82, 2.24) is 5.48 Å². The van der Waals surface area contributed by atoms with Gasteiger partial charge in [-0.1, -0.05) is 36.4 Å². The first-order valence-corrected chi connectivity index (χ1v) is 7.46. The summed E-state index contributed by atoms with van der Waals surface area (Å²) in [7, 11) is 0. The lowest BCUT2D eigenvalue weighted by atomic mass is 9.95. The fourth-order valence-electron chi connectivity index (χ4n) is 2.47. The first-order valence-electron chi connectivity index (χ1n) is 7.46. The summed E-state index contributed by atoms with van der Waals surface area (Å²) < 4.78 is 66.7. The van der Waals surface area contributed by atoms with Crippen LogP contribution in [-0.2, 0) is 16.9 Å². The van der Waals surface area contributed by atoms with Crippen LogP contribution < -0.4 is 5.48 Å². The molecule has 2 unspecified atom stereocenters. The molecule has 0 radical (unpaired) electrons. The predicted octanol–water partition coefficient (Wildman–Crippen LogP) is 4.09. The van der Waals surface area contributed by atoms with E-state index in [-0.39, 0.29) is 5.56 Å². The number of aliphatic hydroxyl groups excluding tert-OH is 1. The van der Waals surface area contributed by atoms with Crippen molar-refractivity contribution in [1.29, 1.82) is 0 Å². The van der Waals surface area contributed by atoms with E-state index in [4.69, 9.17) is 4.84 Å². The van der Waals surface area contributed by atoms with Gasteiger partial charge in [0.05, 0.1) is 5.56 Å². The van der Waals surface area contributed by atoms with E-state index in [0.717, 1.165) is 24.3 Å². The zero-order chi connectivity index (χ0) is 18.9. The Morgan fingerprint density at radius 1 is 0.923 bits per heavy atom. The zero-order valence-corrected chi connectivity index (χ0v) is 13.0. The van der Waals surface area contributed by atoms with Crippen molar-refractivity contribution in [3.8, 4) is 0 Å². The maximum atomic E-state index is 14.5. The SMILES string of the molecule is OC(c1ccc(C(F)(F)F)cc1)C(F)(F)c1ccc(C2N=CNO2)cc1. The molecular formula is C17H13F5N2O2. The summed E-state index contributed by atoms with van der Waals surface area (Å²) in [6.45, 7) is 0. The topological polar surface area (TPSA) is 53.9 Å². The highest BCUT2D eigenvalue weighted by atomic mass is 19.4. The lowest BCUT2D eigenvalue weighted by molar-refractivity contribution is -0.137. The van der Waals surface area contributed by atoms with Crippen LogP contribution in [0.3, 0.4) is 0 Å². The molecule has 4 nitrogen and oxygen atoms in total. The van der Waals surface area contributed by atoms with Gasteiger partial charge in [0.1, 0.15) is 12.4 Å². The second-order valence-electron chi connectivity index (χ2n) is 5.63. The summed E-state index contributed by atoms with van der Waals surface area (Å²) in [4.78, 5) is 8.94. The molecule has 0 aromatic heterocycles. The second kappa shape index (κ2) is 6.65. The highest BCUT2D eigenvalue weighted by molar-refractivity contribution is 5.54. The van der Waals surface area contributed by atoms with E-state index in [1.165, 1.54) is 18.5 Å². The number of benzene rings is 2. The van der Waals surface area contributed by atoms with E-state index in [0.29, 0.717) is 17.7 Å². The molecule has 2 atom stereocenters. The number of hydrogen-bond donors (Lipinski definition) is 2. The number of hydrogen-bond acceptors (Lipinski definition) is 4. The lowest BCUT2D eigenvalue weighted by Gasteiger charge is -2.24. The number of alkyl halides is 5. The van der Waals surface area contributed by atoms with Crippen LogP contribution in [0.5, 0.6) is 0 Å². The largest absolute Gasteiger partial charge is 0.416 e. The Labute approximate surface area is 144 Å². The van der Waals surface area contributed by atoms with Gasteiger partial charge in [-0.25, -0.2) is 9.83 Å². The third-order valence-corrected chi connectivity index (χ3v) is 3.92. The van der Waals surface area contributed by atoms with Crippen LogP contribution in [0.25, 0.3) is 0 Å². The molecule has 0 saturated heterocycles. The molecule has 1 aliphatic heterocycles. The van der Waals surface area contributed by atoms with Crippen molar-refractivity contribution in [2.75, 3.05) is 0 Å². The third kappa shape index (κ3) is 3.54. The fourth-order valence-corrected chi connectivity index (χ4v) is 2.47. The average Bonchev–Trinajstić information content (AvgIpc) is 3.15. The van der Waals surface area contributed by atoms with Crippen LogP contribution in [0.2, 0.25) is 0 Å². The van der Waals surface area contributed by atoms with Crippen molar-refractivity contribution in [3.63, 3.8) is 0 Å². The maximum Gasteiger partial charge on any atom is 0.416 e. The van der Waals surface area contributed by atoms with Crippen molar-refractivity contribution >= 4 is 6.34 Å². The minimum absolute atomic E-state index is 0.319. The molecule has 1 aliphatic rings. The first kappa shape index (κ1) is 18.3. The normalized spacial score (nSPS) is 18.6. The smallest absolute Gasteiger partial charge is 0.382 e. The van der Waals surface area contributed by atoms with Crippen LogP contribution in [0.4, 0.5) is 22.0 Å². The Morgan fingerprint density at radius 2 is 1.50 bits per heavy atom. The molecule has 0 fully saturated rings.